The van der Waals surface area contributed by atoms with Crippen LogP contribution in [0.25, 0.3) is 0 Å². The van der Waals surface area contributed by atoms with Gasteiger partial charge in [-0.05, 0) is 25.7 Å². The van der Waals surface area contributed by atoms with Gasteiger partial charge in [0.1, 0.15) is 0 Å². The molecule has 0 radical (unpaired) electrons. The van der Waals surface area contributed by atoms with Crippen molar-refractivity contribution in [1.82, 2.24) is 5.32 Å². The molecule has 18 heavy (non-hydrogen) atoms. The first-order chi connectivity index (χ1) is 8.59. The Kier molecular flexibility index (Phi) is 4.62. The molecule has 4 N–H and O–H groups in total. The predicted molar refractivity (Wildman–Crippen MR) is 71.0 cm³/mol. The van der Waals surface area contributed by atoms with Crippen molar-refractivity contribution in [2.24, 2.45) is 5.73 Å². The van der Waals surface area contributed by atoms with Crippen molar-refractivity contribution in [2.75, 3.05) is 0 Å². The average molecular weight is 254 g/mol. The summed E-state index contributed by atoms with van der Waals surface area (Å²) in [5.41, 5.74) is 5.92. The summed E-state index contributed by atoms with van der Waals surface area (Å²) in [7, 11) is 0. The van der Waals surface area contributed by atoms with Gasteiger partial charge in [0.25, 0.3) is 0 Å². The topological polar surface area (TPSA) is 75.4 Å². The number of rotatable bonds is 3. The highest BCUT2D eigenvalue weighted by atomic mass is 16.3. The molecule has 0 aromatic carbocycles. The van der Waals surface area contributed by atoms with E-state index in [2.05, 4.69) is 5.32 Å². The monoisotopic (exact) mass is 254 g/mol. The van der Waals surface area contributed by atoms with Crippen LogP contribution in [0.1, 0.15) is 64.2 Å². The van der Waals surface area contributed by atoms with E-state index in [-0.39, 0.29) is 23.6 Å². The number of carbonyl (C=O) groups excluding carboxylic acids is 1. The zero-order chi connectivity index (χ0) is 13.0. The molecule has 0 aliphatic heterocycles. The molecule has 104 valence electrons. The fraction of sp³-hybridized carbons (Fsp3) is 0.929. The Morgan fingerprint density at radius 2 is 1.83 bits per heavy atom. The molecule has 2 aliphatic rings. The van der Waals surface area contributed by atoms with Gasteiger partial charge in [0.05, 0.1) is 12.1 Å². The van der Waals surface area contributed by atoms with E-state index in [1.165, 1.54) is 0 Å². The summed E-state index contributed by atoms with van der Waals surface area (Å²) in [6.07, 6.45) is 9.22. The molecule has 2 unspecified atom stereocenters. The number of carbonyl (C=O) groups is 1. The fourth-order valence-electron chi connectivity index (χ4n) is 3.29. The van der Waals surface area contributed by atoms with Crippen LogP contribution in [0.4, 0.5) is 0 Å². The first-order valence-electron chi connectivity index (χ1n) is 7.35. The molecule has 0 saturated heterocycles. The van der Waals surface area contributed by atoms with Gasteiger partial charge in [-0.15, -0.1) is 0 Å². The number of hydrogen-bond donors (Lipinski definition) is 3. The van der Waals surface area contributed by atoms with Crippen LogP contribution >= 0.6 is 0 Å². The molecule has 0 aromatic heterocycles. The Morgan fingerprint density at radius 3 is 2.56 bits per heavy atom. The van der Waals surface area contributed by atoms with Crippen molar-refractivity contribution >= 4 is 5.91 Å². The van der Waals surface area contributed by atoms with E-state index in [9.17, 15) is 9.90 Å². The van der Waals surface area contributed by atoms with E-state index in [1.54, 1.807) is 0 Å². The van der Waals surface area contributed by atoms with Gasteiger partial charge in [0, 0.05) is 12.0 Å². The zero-order valence-corrected chi connectivity index (χ0v) is 11.2. The Labute approximate surface area is 109 Å². The van der Waals surface area contributed by atoms with Crippen molar-refractivity contribution in [1.29, 1.82) is 0 Å². The van der Waals surface area contributed by atoms with E-state index in [0.717, 1.165) is 57.8 Å². The minimum atomic E-state index is -0.381. The lowest BCUT2D eigenvalue weighted by atomic mass is 9.94. The van der Waals surface area contributed by atoms with Crippen molar-refractivity contribution in [3.05, 3.63) is 0 Å². The molecular weight excluding hydrogens is 228 g/mol. The third-order valence-electron chi connectivity index (χ3n) is 4.44. The SMILES string of the molecule is NC1(CC(=O)NC2CCCCCC2O)CCCC1. The van der Waals surface area contributed by atoms with E-state index >= 15 is 0 Å². The molecule has 0 aromatic rings. The maximum atomic E-state index is 12.0. The maximum absolute atomic E-state index is 12.0. The molecular formula is C14H26N2O2. The van der Waals surface area contributed by atoms with Crippen molar-refractivity contribution in [3.63, 3.8) is 0 Å². The summed E-state index contributed by atoms with van der Waals surface area (Å²) in [4.78, 5) is 12.0. The summed E-state index contributed by atoms with van der Waals surface area (Å²) >= 11 is 0. The van der Waals surface area contributed by atoms with Crippen LogP contribution < -0.4 is 11.1 Å². The summed E-state index contributed by atoms with van der Waals surface area (Å²) in [6, 6.07) is -0.0648. The van der Waals surface area contributed by atoms with Gasteiger partial charge in [0.2, 0.25) is 5.91 Å². The molecule has 0 bridgehead atoms. The third kappa shape index (κ3) is 3.69. The van der Waals surface area contributed by atoms with Gasteiger partial charge >= 0.3 is 0 Å². The molecule has 2 rings (SSSR count). The lowest BCUT2D eigenvalue weighted by Gasteiger charge is -2.26. The summed E-state index contributed by atoms with van der Waals surface area (Å²) in [6.45, 7) is 0. The molecule has 0 heterocycles. The second-order valence-corrected chi connectivity index (χ2v) is 6.13. The Morgan fingerprint density at radius 1 is 1.17 bits per heavy atom. The molecule has 0 spiro atoms. The molecule has 4 heteroatoms. The van der Waals surface area contributed by atoms with Crippen LogP contribution in [0.15, 0.2) is 0 Å². The highest BCUT2D eigenvalue weighted by molar-refractivity contribution is 5.77. The van der Waals surface area contributed by atoms with E-state index < -0.39 is 0 Å². The van der Waals surface area contributed by atoms with E-state index in [0.29, 0.717) is 6.42 Å². The van der Waals surface area contributed by atoms with Crippen LogP contribution in [0, 0.1) is 0 Å². The summed E-state index contributed by atoms with van der Waals surface area (Å²) in [5.74, 6) is 0.0188. The lowest BCUT2D eigenvalue weighted by Crippen LogP contribution is -2.47. The highest BCUT2D eigenvalue weighted by Gasteiger charge is 2.33. The molecule has 2 atom stereocenters. The maximum Gasteiger partial charge on any atom is 0.222 e. The number of amides is 1. The first kappa shape index (κ1) is 13.8. The number of aliphatic hydroxyl groups excluding tert-OH is 1. The second kappa shape index (κ2) is 6.02. The highest BCUT2D eigenvalue weighted by Crippen LogP contribution is 2.30. The van der Waals surface area contributed by atoms with Gasteiger partial charge in [0.15, 0.2) is 0 Å². The Balaban J connectivity index is 1.82. The zero-order valence-electron chi connectivity index (χ0n) is 11.2. The molecule has 4 nitrogen and oxygen atoms in total. The fourth-order valence-corrected chi connectivity index (χ4v) is 3.29. The number of nitrogens with two attached hydrogens (primary N) is 1. The largest absolute Gasteiger partial charge is 0.391 e. The van der Waals surface area contributed by atoms with E-state index in [4.69, 9.17) is 5.73 Å². The minimum absolute atomic E-state index is 0.0188. The second-order valence-electron chi connectivity index (χ2n) is 6.13. The van der Waals surface area contributed by atoms with Crippen LogP contribution in [-0.4, -0.2) is 28.7 Å². The standard InChI is InChI=1S/C14H26N2O2/c15-14(8-4-5-9-14)10-13(18)16-11-6-2-1-3-7-12(11)17/h11-12,17H,1-10,15H2,(H,16,18). The lowest BCUT2D eigenvalue weighted by molar-refractivity contribution is -0.123. The van der Waals surface area contributed by atoms with Gasteiger partial charge in [-0.2, -0.15) is 0 Å². The first-order valence-corrected chi connectivity index (χ1v) is 7.35. The van der Waals surface area contributed by atoms with Crippen molar-refractivity contribution in [3.8, 4) is 0 Å². The van der Waals surface area contributed by atoms with Crippen LogP contribution in [-0.2, 0) is 4.79 Å². The average Bonchev–Trinajstić information content (AvgIpc) is 2.63. The Hall–Kier alpha value is -0.610. The minimum Gasteiger partial charge on any atom is -0.391 e. The van der Waals surface area contributed by atoms with Crippen molar-refractivity contribution in [2.45, 2.75) is 81.9 Å². The van der Waals surface area contributed by atoms with Gasteiger partial charge in [-0.25, -0.2) is 0 Å². The van der Waals surface area contributed by atoms with Crippen LogP contribution in [0.3, 0.4) is 0 Å². The Bertz CT molecular complexity index is 288. The number of nitrogens with one attached hydrogen (secondary N) is 1. The molecule has 2 aliphatic carbocycles. The van der Waals surface area contributed by atoms with Gasteiger partial charge in [-0.3, -0.25) is 4.79 Å². The summed E-state index contributed by atoms with van der Waals surface area (Å²) in [5, 5.41) is 13.0. The normalized spacial score (nSPS) is 31.9. The van der Waals surface area contributed by atoms with Gasteiger partial charge in [-0.1, -0.05) is 32.1 Å². The molecule has 2 fully saturated rings. The third-order valence-corrected chi connectivity index (χ3v) is 4.44. The van der Waals surface area contributed by atoms with Crippen LogP contribution in [0.2, 0.25) is 0 Å². The van der Waals surface area contributed by atoms with Crippen LogP contribution in [0.5, 0.6) is 0 Å². The summed E-state index contributed by atoms with van der Waals surface area (Å²) < 4.78 is 0. The number of hydrogen-bond acceptors (Lipinski definition) is 3. The van der Waals surface area contributed by atoms with E-state index in [1.807, 2.05) is 0 Å². The van der Waals surface area contributed by atoms with Crippen molar-refractivity contribution < 1.29 is 9.90 Å². The predicted octanol–water partition coefficient (Wildman–Crippen LogP) is 1.46. The smallest absolute Gasteiger partial charge is 0.222 e. The molecule has 2 saturated carbocycles. The van der Waals surface area contributed by atoms with Gasteiger partial charge < -0.3 is 16.2 Å². The number of aliphatic hydroxyl groups is 1. The molecule has 1 amide bonds. The quantitative estimate of drug-likeness (QED) is 0.667.